The third kappa shape index (κ3) is 4.92. The molecule has 2 aromatic rings. The summed E-state index contributed by atoms with van der Waals surface area (Å²) in [5.74, 6) is 0.358. The molecule has 0 unspecified atom stereocenters. The number of hydrogen-bond acceptors (Lipinski definition) is 4. The lowest BCUT2D eigenvalue weighted by Crippen LogP contribution is -2.12. The fourth-order valence-electron chi connectivity index (χ4n) is 1.87. The first-order valence-electron chi connectivity index (χ1n) is 6.75. The number of anilines is 1. The van der Waals surface area contributed by atoms with Crippen LogP contribution in [-0.4, -0.2) is 21.4 Å². The molecule has 0 spiro atoms. The Morgan fingerprint density at radius 1 is 1.21 bits per heavy atom. The average molecular weight is 411 g/mol. The number of nitrogens with one attached hydrogen (secondary N) is 1. The van der Waals surface area contributed by atoms with E-state index in [1.807, 2.05) is 12.1 Å². The van der Waals surface area contributed by atoms with E-state index in [1.165, 1.54) is 30.3 Å². The molecule has 0 radical (unpaired) electrons. The molecule has 8 heteroatoms. The van der Waals surface area contributed by atoms with Crippen molar-refractivity contribution in [3.8, 4) is 5.75 Å². The zero-order chi connectivity index (χ0) is 17.7. The van der Waals surface area contributed by atoms with Crippen LogP contribution in [0.3, 0.4) is 0 Å². The Labute approximate surface area is 148 Å². The lowest BCUT2D eigenvalue weighted by Gasteiger charge is -2.04. The normalized spacial score (nSPS) is 11.5. The van der Waals surface area contributed by atoms with Gasteiger partial charge in [-0.05, 0) is 64.0 Å². The fourth-order valence-corrected chi connectivity index (χ4v) is 2.94. The molecule has 0 atom stereocenters. The van der Waals surface area contributed by atoms with Crippen LogP contribution in [0, 0.1) is 0 Å². The van der Waals surface area contributed by atoms with E-state index in [0.717, 1.165) is 10.0 Å². The van der Waals surface area contributed by atoms with Crippen molar-refractivity contribution in [3.05, 3.63) is 58.6 Å². The Bertz CT molecular complexity index is 877. The van der Waals surface area contributed by atoms with Crippen LogP contribution in [0.2, 0.25) is 0 Å². The highest BCUT2D eigenvalue weighted by molar-refractivity contribution is 9.10. The summed E-state index contributed by atoms with van der Waals surface area (Å²) in [5, 5.41) is 7.64. The lowest BCUT2D eigenvalue weighted by atomic mass is 10.2. The lowest BCUT2D eigenvalue weighted by molar-refractivity contribution is -0.111. The second-order valence-corrected chi connectivity index (χ2v) is 7.20. The molecule has 0 aromatic heterocycles. The predicted octanol–water partition coefficient (Wildman–Crippen LogP) is 2.76. The van der Waals surface area contributed by atoms with Crippen molar-refractivity contribution in [3.63, 3.8) is 0 Å². The maximum absolute atomic E-state index is 11.9. The second kappa shape index (κ2) is 7.61. The number of rotatable bonds is 5. The monoisotopic (exact) mass is 410 g/mol. The number of benzene rings is 2. The summed E-state index contributed by atoms with van der Waals surface area (Å²) in [6.45, 7) is 0. The van der Waals surface area contributed by atoms with Gasteiger partial charge < -0.3 is 10.1 Å². The predicted molar refractivity (Wildman–Crippen MR) is 96.2 cm³/mol. The van der Waals surface area contributed by atoms with Gasteiger partial charge in [-0.15, -0.1) is 0 Å². The van der Waals surface area contributed by atoms with E-state index in [0.29, 0.717) is 11.4 Å². The molecule has 126 valence electrons. The zero-order valence-electron chi connectivity index (χ0n) is 12.7. The topological polar surface area (TPSA) is 98.5 Å². The van der Waals surface area contributed by atoms with Gasteiger partial charge in [-0.25, -0.2) is 13.6 Å². The Morgan fingerprint density at radius 2 is 1.88 bits per heavy atom. The van der Waals surface area contributed by atoms with Crippen molar-refractivity contribution in [2.75, 3.05) is 12.4 Å². The van der Waals surface area contributed by atoms with E-state index in [-0.39, 0.29) is 10.8 Å². The van der Waals surface area contributed by atoms with Gasteiger partial charge in [-0.3, -0.25) is 4.79 Å². The first-order chi connectivity index (χ1) is 11.3. The molecule has 0 heterocycles. The van der Waals surface area contributed by atoms with Gasteiger partial charge >= 0.3 is 0 Å². The first kappa shape index (κ1) is 18.2. The highest BCUT2D eigenvalue weighted by atomic mass is 79.9. The molecule has 0 aliphatic carbocycles. The molecule has 2 rings (SSSR count). The summed E-state index contributed by atoms with van der Waals surface area (Å²) in [5.41, 5.74) is 1.29. The summed E-state index contributed by atoms with van der Waals surface area (Å²) in [4.78, 5) is 11.9. The minimum atomic E-state index is -3.75. The van der Waals surface area contributed by atoms with E-state index in [2.05, 4.69) is 21.2 Å². The highest BCUT2D eigenvalue weighted by Crippen LogP contribution is 2.26. The van der Waals surface area contributed by atoms with Crippen LogP contribution in [0.4, 0.5) is 5.69 Å². The van der Waals surface area contributed by atoms with Gasteiger partial charge in [0.25, 0.3) is 0 Å². The maximum atomic E-state index is 11.9. The van der Waals surface area contributed by atoms with Crippen molar-refractivity contribution in [1.82, 2.24) is 0 Å². The minimum Gasteiger partial charge on any atom is -0.496 e. The van der Waals surface area contributed by atoms with E-state index < -0.39 is 10.0 Å². The maximum Gasteiger partial charge on any atom is 0.248 e. The minimum absolute atomic E-state index is 0.0147. The third-order valence-electron chi connectivity index (χ3n) is 3.05. The molecule has 1 amide bonds. The van der Waals surface area contributed by atoms with Crippen LogP contribution in [0.15, 0.2) is 57.9 Å². The molecule has 0 saturated carbocycles. The highest BCUT2D eigenvalue weighted by Gasteiger charge is 2.07. The molecule has 0 saturated heterocycles. The van der Waals surface area contributed by atoms with Crippen LogP contribution in [-0.2, 0) is 14.8 Å². The molecule has 0 aliphatic heterocycles. The summed E-state index contributed by atoms with van der Waals surface area (Å²) in [6, 6.07) is 11.0. The number of ether oxygens (including phenoxy) is 1. The summed E-state index contributed by atoms with van der Waals surface area (Å²) in [7, 11) is -2.17. The number of primary sulfonamides is 1. The van der Waals surface area contributed by atoms with Gasteiger partial charge in [0.2, 0.25) is 15.9 Å². The van der Waals surface area contributed by atoms with E-state index in [1.54, 1.807) is 19.3 Å². The van der Waals surface area contributed by atoms with Crippen molar-refractivity contribution in [1.29, 1.82) is 0 Å². The first-order valence-corrected chi connectivity index (χ1v) is 9.09. The molecule has 24 heavy (non-hydrogen) atoms. The Morgan fingerprint density at radius 3 is 2.42 bits per heavy atom. The van der Waals surface area contributed by atoms with E-state index >= 15 is 0 Å². The number of halogens is 1. The molecular weight excluding hydrogens is 396 g/mol. The number of nitrogens with two attached hydrogens (primary N) is 1. The SMILES string of the molecule is COc1ccc(C=CC(=O)Nc2ccc(S(N)(=O)=O)cc2)cc1Br. The average Bonchev–Trinajstić information content (AvgIpc) is 2.53. The Balaban J connectivity index is 2.04. The molecular formula is C16H15BrN2O4S. The van der Waals surface area contributed by atoms with Crippen LogP contribution in [0.5, 0.6) is 5.75 Å². The molecule has 6 nitrogen and oxygen atoms in total. The Hall–Kier alpha value is -2.16. The molecule has 0 bridgehead atoms. The smallest absolute Gasteiger partial charge is 0.248 e. The molecule has 0 aliphatic rings. The van der Waals surface area contributed by atoms with Crippen molar-refractivity contribution in [2.24, 2.45) is 5.14 Å². The van der Waals surface area contributed by atoms with E-state index in [9.17, 15) is 13.2 Å². The van der Waals surface area contributed by atoms with Gasteiger partial charge in [0.1, 0.15) is 5.75 Å². The fraction of sp³-hybridized carbons (Fsp3) is 0.0625. The van der Waals surface area contributed by atoms with Crippen molar-refractivity contribution in [2.45, 2.75) is 4.90 Å². The van der Waals surface area contributed by atoms with Crippen LogP contribution in [0.1, 0.15) is 5.56 Å². The van der Waals surface area contributed by atoms with Crippen LogP contribution >= 0.6 is 15.9 Å². The largest absolute Gasteiger partial charge is 0.496 e. The van der Waals surface area contributed by atoms with Gasteiger partial charge in [-0.1, -0.05) is 6.07 Å². The summed E-state index contributed by atoms with van der Waals surface area (Å²) >= 11 is 3.37. The van der Waals surface area contributed by atoms with E-state index in [4.69, 9.17) is 9.88 Å². The number of hydrogen-bond donors (Lipinski definition) is 2. The quantitative estimate of drug-likeness (QED) is 0.740. The number of amides is 1. The van der Waals surface area contributed by atoms with Crippen molar-refractivity contribution < 1.29 is 17.9 Å². The Kier molecular flexibility index (Phi) is 5.76. The zero-order valence-corrected chi connectivity index (χ0v) is 15.1. The molecule has 2 aromatic carbocycles. The molecule has 3 N–H and O–H groups in total. The number of methoxy groups -OCH3 is 1. The van der Waals surface area contributed by atoms with Crippen LogP contribution in [0.25, 0.3) is 6.08 Å². The summed E-state index contributed by atoms with van der Waals surface area (Å²) < 4.78 is 28.3. The van der Waals surface area contributed by atoms with Gasteiger partial charge in [0.05, 0.1) is 16.5 Å². The summed E-state index contributed by atoms with van der Waals surface area (Å²) in [6.07, 6.45) is 3.03. The second-order valence-electron chi connectivity index (χ2n) is 4.79. The molecule has 0 fully saturated rings. The third-order valence-corrected chi connectivity index (χ3v) is 4.60. The standard InChI is InChI=1S/C16H15BrN2O4S/c1-23-15-8-2-11(10-14(15)17)3-9-16(20)19-12-4-6-13(7-5-12)24(18,21)22/h2-10H,1H3,(H,19,20)(H2,18,21,22). The number of carbonyl (C=O) groups is 1. The number of sulfonamides is 1. The van der Waals surface area contributed by atoms with Crippen LogP contribution < -0.4 is 15.2 Å². The van der Waals surface area contributed by atoms with Gasteiger partial charge in [0, 0.05) is 11.8 Å². The van der Waals surface area contributed by atoms with Gasteiger partial charge in [0.15, 0.2) is 0 Å². The number of carbonyl (C=O) groups excluding carboxylic acids is 1. The van der Waals surface area contributed by atoms with Crippen molar-refractivity contribution >= 4 is 43.6 Å². The van der Waals surface area contributed by atoms with Gasteiger partial charge in [-0.2, -0.15) is 0 Å².